The number of aryl methyl sites for hydroxylation is 1. The van der Waals surface area contributed by atoms with E-state index in [1.54, 1.807) is 6.07 Å². The van der Waals surface area contributed by atoms with Crippen LogP contribution in [-0.2, 0) is 0 Å². The second-order valence-corrected chi connectivity index (χ2v) is 4.37. The van der Waals surface area contributed by atoms with Crippen molar-refractivity contribution in [2.24, 2.45) is 5.73 Å². The molecule has 0 unspecified atom stereocenters. The van der Waals surface area contributed by atoms with Crippen LogP contribution in [0.4, 0.5) is 4.39 Å². The molecule has 2 N–H and O–H groups in total. The van der Waals surface area contributed by atoms with Crippen LogP contribution in [-0.4, -0.2) is 0 Å². The van der Waals surface area contributed by atoms with Crippen molar-refractivity contribution in [2.45, 2.75) is 19.9 Å². The highest BCUT2D eigenvalue weighted by molar-refractivity contribution is 5.38. The van der Waals surface area contributed by atoms with E-state index in [9.17, 15) is 4.39 Å². The smallest absolute Gasteiger partial charge is 0.133 e. The van der Waals surface area contributed by atoms with Crippen LogP contribution < -0.4 is 10.5 Å². The van der Waals surface area contributed by atoms with Gasteiger partial charge in [0.1, 0.15) is 17.3 Å². The van der Waals surface area contributed by atoms with Crippen molar-refractivity contribution in [3.63, 3.8) is 0 Å². The minimum Gasteiger partial charge on any atom is -0.457 e. The fourth-order valence-electron chi connectivity index (χ4n) is 1.65. The first-order valence-corrected chi connectivity index (χ1v) is 5.86. The molecule has 2 aromatic carbocycles. The molecule has 94 valence electrons. The van der Waals surface area contributed by atoms with E-state index in [-0.39, 0.29) is 11.9 Å². The maximum absolute atomic E-state index is 13.1. The molecule has 0 spiro atoms. The summed E-state index contributed by atoms with van der Waals surface area (Å²) in [5.41, 5.74) is 7.71. The lowest BCUT2D eigenvalue weighted by Gasteiger charge is -2.10. The molecule has 0 aliphatic rings. The summed E-state index contributed by atoms with van der Waals surface area (Å²) in [4.78, 5) is 0. The summed E-state index contributed by atoms with van der Waals surface area (Å²) >= 11 is 0. The highest BCUT2D eigenvalue weighted by Gasteiger charge is 2.04. The SMILES string of the molecule is Cc1ccc(F)cc1Oc1ccc([C@H](C)N)cc1. The Bertz CT molecular complexity index is 535. The number of ether oxygens (including phenoxy) is 1. The molecule has 0 amide bonds. The zero-order valence-corrected chi connectivity index (χ0v) is 10.5. The van der Waals surface area contributed by atoms with Gasteiger partial charge >= 0.3 is 0 Å². The quantitative estimate of drug-likeness (QED) is 0.888. The molecule has 0 heterocycles. The second kappa shape index (κ2) is 5.19. The normalized spacial score (nSPS) is 12.2. The van der Waals surface area contributed by atoms with E-state index in [1.165, 1.54) is 12.1 Å². The molecule has 0 aromatic heterocycles. The standard InChI is InChI=1S/C15H16FNO/c1-10-3-6-13(16)9-15(10)18-14-7-4-12(5-8-14)11(2)17/h3-9,11H,17H2,1-2H3/t11-/m0/s1. The van der Waals surface area contributed by atoms with Gasteiger partial charge in [-0.3, -0.25) is 0 Å². The van der Waals surface area contributed by atoms with Crippen LogP contribution in [0.3, 0.4) is 0 Å². The highest BCUT2D eigenvalue weighted by atomic mass is 19.1. The van der Waals surface area contributed by atoms with Gasteiger partial charge in [-0.15, -0.1) is 0 Å². The van der Waals surface area contributed by atoms with Crippen molar-refractivity contribution in [3.8, 4) is 11.5 Å². The van der Waals surface area contributed by atoms with Crippen LogP contribution >= 0.6 is 0 Å². The Morgan fingerprint density at radius 2 is 1.78 bits per heavy atom. The minimum atomic E-state index is -0.303. The van der Waals surface area contributed by atoms with Crippen molar-refractivity contribution >= 4 is 0 Å². The minimum absolute atomic E-state index is 0.00467. The predicted octanol–water partition coefficient (Wildman–Crippen LogP) is 3.95. The molecule has 2 nitrogen and oxygen atoms in total. The van der Waals surface area contributed by atoms with Crippen molar-refractivity contribution in [3.05, 3.63) is 59.4 Å². The third-order valence-corrected chi connectivity index (χ3v) is 2.78. The lowest BCUT2D eigenvalue weighted by atomic mass is 10.1. The molecule has 18 heavy (non-hydrogen) atoms. The second-order valence-electron chi connectivity index (χ2n) is 4.37. The van der Waals surface area contributed by atoms with Crippen molar-refractivity contribution in [2.75, 3.05) is 0 Å². The van der Waals surface area contributed by atoms with E-state index in [0.717, 1.165) is 11.1 Å². The van der Waals surface area contributed by atoms with E-state index >= 15 is 0 Å². The maximum Gasteiger partial charge on any atom is 0.133 e. The molecule has 2 aromatic rings. The number of nitrogens with two attached hydrogens (primary N) is 1. The summed E-state index contributed by atoms with van der Waals surface area (Å²) in [7, 11) is 0. The number of benzene rings is 2. The Hall–Kier alpha value is -1.87. The van der Waals surface area contributed by atoms with Crippen LogP contribution in [0.5, 0.6) is 11.5 Å². The average molecular weight is 245 g/mol. The molecule has 0 aliphatic carbocycles. The van der Waals surface area contributed by atoms with Gasteiger partial charge in [-0.2, -0.15) is 0 Å². The van der Waals surface area contributed by atoms with Gasteiger partial charge in [-0.05, 0) is 43.2 Å². The van der Waals surface area contributed by atoms with Crippen LogP contribution in [0.1, 0.15) is 24.1 Å². The zero-order valence-electron chi connectivity index (χ0n) is 10.5. The number of hydrogen-bond acceptors (Lipinski definition) is 2. The van der Waals surface area contributed by atoms with E-state index in [0.29, 0.717) is 11.5 Å². The molecule has 0 saturated carbocycles. The van der Waals surface area contributed by atoms with Gasteiger partial charge in [-0.1, -0.05) is 18.2 Å². The molecular formula is C15H16FNO. The summed E-state index contributed by atoms with van der Waals surface area (Å²) in [6.07, 6.45) is 0. The van der Waals surface area contributed by atoms with Crippen LogP contribution in [0, 0.1) is 12.7 Å². The predicted molar refractivity (Wildman–Crippen MR) is 70.3 cm³/mol. The van der Waals surface area contributed by atoms with E-state index < -0.39 is 0 Å². The summed E-state index contributed by atoms with van der Waals surface area (Å²) in [5.74, 6) is 0.902. The monoisotopic (exact) mass is 245 g/mol. The van der Waals surface area contributed by atoms with Gasteiger partial charge in [-0.25, -0.2) is 4.39 Å². The third kappa shape index (κ3) is 2.87. The molecule has 0 fully saturated rings. The first kappa shape index (κ1) is 12.6. The summed E-state index contributed by atoms with van der Waals surface area (Å²) in [6.45, 7) is 3.80. The molecule has 2 rings (SSSR count). The Balaban J connectivity index is 2.21. The van der Waals surface area contributed by atoms with Gasteiger partial charge in [0.2, 0.25) is 0 Å². The summed E-state index contributed by atoms with van der Waals surface area (Å²) < 4.78 is 18.8. The van der Waals surface area contributed by atoms with Crippen molar-refractivity contribution in [1.82, 2.24) is 0 Å². The fraction of sp³-hybridized carbons (Fsp3) is 0.200. The van der Waals surface area contributed by atoms with Crippen LogP contribution in [0.2, 0.25) is 0 Å². The van der Waals surface area contributed by atoms with E-state index in [2.05, 4.69) is 0 Å². The zero-order chi connectivity index (χ0) is 13.1. The Labute approximate surface area is 106 Å². The highest BCUT2D eigenvalue weighted by Crippen LogP contribution is 2.26. The molecule has 3 heteroatoms. The fourth-order valence-corrected chi connectivity index (χ4v) is 1.65. The van der Waals surface area contributed by atoms with Crippen molar-refractivity contribution < 1.29 is 9.13 Å². The van der Waals surface area contributed by atoms with Crippen molar-refractivity contribution in [1.29, 1.82) is 0 Å². The first-order chi connectivity index (χ1) is 8.56. The van der Waals surface area contributed by atoms with Gasteiger partial charge in [0.05, 0.1) is 0 Å². The van der Waals surface area contributed by atoms with Gasteiger partial charge < -0.3 is 10.5 Å². The Morgan fingerprint density at radius 3 is 2.39 bits per heavy atom. The van der Waals surface area contributed by atoms with Crippen LogP contribution in [0.15, 0.2) is 42.5 Å². The topological polar surface area (TPSA) is 35.2 Å². The Morgan fingerprint density at radius 1 is 1.11 bits per heavy atom. The summed E-state index contributed by atoms with van der Waals surface area (Å²) in [6, 6.07) is 12.0. The molecule has 1 atom stereocenters. The van der Waals surface area contributed by atoms with Crippen LogP contribution in [0.25, 0.3) is 0 Å². The molecule has 0 saturated heterocycles. The number of rotatable bonds is 3. The lowest BCUT2D eigenvalue weighted by molar-refractivity contribution is 0.472. The molecular weight excluding hydrogens is 229 g/mol. The van der Waals surface area contributed by atoms with E-state index in [1.807, 2.05) is 38.1 Å². The number of hydrogen-bond donors (Lipinski definition) is 1. The molecule has 0 radical (unpaired) electrons. The Kier molecular flexibility index (Phi) is 3.63. The first-order valence-electron chi connectivity index (χ1n) is 5.86. The van der Waals surface area contributed by atoms with Gasteiger partial charge in [0.25, 0.3) is 0 Å². The molecule has 0 aliphatic heterocycles. The number of halogens is 1. The average Bonchev–Trinajstić information content (AvgIpc) is 2.34. The largest absolute Gasteiger partial charge is 0.457 e. The van der Waals surface area contributed by atoms with E-state index in [4.69, 9.17) is 10.5 Å². The maximum atomic E-state index is 13.1. The van der Waals surface area contributed by atoms with Gasteiger partial charge in [0.15, 0.2) is 0 Å². The molecule has 0 bridgehead atoms. The third-order valence-electron chi connectivity index (χ3n) is 2.78. The van der Waals surface area contributed by atoms with Gasteiger partial charge in [0, 0.05) is 12.1 Å². The summed E-state index contributed by atoms with van der Waals surface area (Å²) in [5, 5.41) is 0. The lowest BCUT2D eigenvalue weighted by Crippen LogP contribution is -2.04.